The number of fused-ring (bicyclic) bond motifs is 2. The van der Waals surface area contributed by atoms with Gasteiger partial charge in [-0.3, -0.25) is 0 Å². The monoisotopic (exact) mass is 397 g/mol. The predicted molar refractivity (Wildman–Crippen MR) is 118 cm³/mol. The maximum atomic E-state index is 15.0. The molecule has 0 bridgehead atoms. The number of ether oxygens (including phenoxy) is 1. The van der Waals surface area contributed by atoms with Crippen LogP contribution in [0.5, 0.6) is 5.75 Å². The molecule has 2 aliphatic carbocycles. The number of hydrogen-bond acceptors (Lipinski definition) is 1. The molecule has 6 rings (SSSR count). The molecule has 0 spiro atoms. The second kappa shape index (κ2) is 6.73. The smallest absolute Gasteiger partial charge is 0.130 e. The van der Waals surface area contributed by atoms with Crippen LogP contribution in [0.1, 0.15) is 48.0 Å². The van der Waals surface area contributed by atoms with Crippen molar-refractivity contribution in [1.82, 2.24) is 4.57 Å². The molecule has 1 aromatic heterocycles. The molecule has 1 saturated carbocycles. The summed E-state index contributed by atoms with van der Waals surface area (Å²) in [7, 11) is 2.06. The first-order valence-electron chi connectivity index (χ1n) is 10.8. The molecule has 3 aromatic carbocycles. The lowest BCUT2D eigenvalue weighted by Crippen LogP contribution is -2.06. The first-order chi connectivity index (χ1) is 14.7. The van der Waals surface area contributed by atoms with Crippen molar-refractivity contribution in [2.75, 3.05) is 0 Å². The highest BCUT2D eigenvalue weighted by Crippen LogP contribution is 2.44. The van der Waals surface area contributed by atoms with Crippen LogP contribution in [0, 0.1) is 5.82 Å². The number of aryl methyl sites for hydroxylation is 1. The van der Waals surface area contributed by atoms with Gasteiger partial charge in [-0.1, -0.05) is 30.3 Å². The fourth-order valence-corrected chi connectivity index (χ4v) is 4.98. The second-order valence-corrected chi connectivity index (χ2v) is 8.64. The molecular formula is C27H24FNO. The number of rotatable bonds is 4. The predicted octanol–water partition coefficient (Wildman–Crippen LogP) is 6.93. The highest BCUT2D eigenvalue weighted by atomic mass is 19.1. The van der Waals surface area contributed by atoms with Crippen LogP contribution in [0.25, 0.3) is 22.0 Å². The summed E-state index contributed by atoms with van der Waals surface area (Å²) in [5, 5.41) is 1.20. The van der Waals surface area contributed by atoms with Gasteiger partial charge in [0.25, 0.3) is 0 Å². The Bertz CT molecular complexity index is 1250. The molecule has 3 heteroatoms. The van der Waals surface area contributed by atoms with Gasteiger partial charge < -0.3 is 9.30 Å². The fourth-order valence-electron chi connectivity index (χ4n) is 4.98. The van der Waals surface area contributed by atoms with E-state index in [1.807, 2.05) is 18.2 Å². The van der Waals surface area contributed by atoms with Gasteiger partial charge in [0.05, 0.1) is 0 Å². The van der Waals surface area contributed by atoms with Gasteiger partial charge in [0.2, 0.25) is 0 Å². The molecule has 0 N–H and O–H groups in total. The van der Waals surface area contributed by atoms with E-state index in [4.69, 9.17) is 4.74 Å². The van der Waals surface area contributed by atoms with Crippen LogP contribution in [0.4, 0.5) is 4.39 Å². The molecule has 0 amide bonds. The molecule has 4 aromatic rings. The van der Waals surface area contributed by atoms with E-state index >= 15 is 0 Å². The van der Waals surface area contributed by atoms with Crippen LogP contribution in [0.2, 0.25) is 0 Å². The van der Waals surface area contributed by atoms with E-state index in [1.54, 1.807) is 6.07 Å². The molecule has 0 radical (unpaired) electrons. The van der Waals surface area contributed by atoms with E-state index in [-0.39, 0.29) is 11.9 Å². The summed E-state index contributed by atoms with van der Waals surface area (Å²) in [5.74, 6) is 1.39. The highest BCUT2D eigenvalue weighted by Gasteiger charge is 2.31. The Kier molecular flexibility index (Phi) is 3.98. The van der Waals surface area contributed by atoms with Crippen molar-refractivity contribution >= 4 is 10.9 Å². The minimum atomic E-state index is -0.235. The Morgan fingerprint density at radius 1 is 0.900 bits per heavy atom. The normalized spacial score (nSPS) is 18.0. The van der Waals surface area contributed by atoms with E-state index in [1.165, 1.54) is 34.9 Å². The van der Waals surface area contributed by atoms with Crippen molar-refractivity contribution in [2.24, 2.45) is 7.05 Å². The van der Waals surface area contributed by atoms with Crippen molar-refractivity contribution in [1.29, 1.82) is 0 Å². The summed E-state index contributed by atoms with van der Waals surface area (Å²) in [6.45, 7) is 0. The van der Waals surface area contributed by atoms with Gasteiger partial charge in [-0.05, 0) is 84.2 Å². The van der Waals surface area contributed by atoms with E-state index in [0.29, 0.717) is 0 Å². The molecule has 2 aliphatic rings. The summed E-state index contributed by atoms with van der Waals surface area (Å²) in [6, 6.07) is 20.4. The van der Waals surface area contributed by atoms with Crippen molar-refractivity contribution < 1.29 is 9.13 Å². The molecule has 0 saturated heterocycles. The van der Waals surface area contributed by atoms with Crippen molar-refractivity contribution in [3.63, 3.8) is 0 Å². The lowest BCUT2D eigenvalue weighted by molar-refractivity contribution is 0.203. The van der Waals surface area contributed by atoms with Gasteiger partial charge in [-0.25, -0.2) is 4.39 Å². The SMILES string of the molecule is Cn1ccc2c(-c3ccc(F)c4c3CCC4Oc3ccc(C4CC4)cc3)cccc21. The third-order valence-electron chi connectivity index (χ3n) is 6.71. The lowest BCUT2D eigenvalue weighted by Gasteiger charge is -2.17. The maximum absolute atomic E-state index is 15.0. The van der Waals surface area contributed by atoms with Gasteiger partial charge in [0.1, 0.15) is 17.7 Å². The van der Waals surface area contributed by atoms with Gasteiger partial charge in [-0.15, -0.1) is 0 Å². The lowest BCUT2D eigenvalue weighted by atomic mass is 9.94. The van der Waals surface area contributed by atoms with Gasteiger partial charge in [0.15, 0.2) is 0 Å². The highest BCUT2D eigenvalue weighted by molar-refractivity contribution is 5.96. The zero-order valence-corrected chi connectivity index (χ0v) is 17.1. The summed E-state index contributed by atoms with van der Waals surface area (Å²) < 4.78 is 23.4. The number of halogens is 1. The van der Waals surface area contributed by atoms with Gasteiger partial charge in [-0.2, -0.15) is 0 Å². The minimum Gasteiger partial charge on any atom is -0.486 e. The number of aromatic nitrogens is 1. The Balaban J connectivity index is 1.38. The third kappa shape index (κ3) is 2.84. The van der Waals surface area contributed by atoms with E-state index in [2.05, 4.69) is 54.2 Å². The summed E-state index contributed by atoms with van der Waals surface area (Å²) in [4.78, 5) is 0. The van der Waals surface area contributed by atoms with Gasteiger partial charge >= 0.3 is 0 Å². The van der Waals surface area contributed by atoms with E-state index in [9.17, 15) is 4.39 Å². The van der Waals surface area contributed by atoms with Crippen LogP contribution in [0.15, 0.2) is 66.9 Å². The maximum Gasteiger partial charge on any atom is 0.130 e. The molecular weight excluding hydrogens is 373 g/mol. The van der Waals surface area contributed by atoms with Crippen LogP contribution in [0.3, 0.4) is 0 Å². The first kappa shape index (κ1) is 17.8. The zero-order valence-electron chi connectivity index (χ0n) is 17.1. The van der Waals surface area contributed by atoms with E-state index < -0.39 is 0 Å². The number of hydrogen-bond donors (Lipinski definition) is 0. The zero-order chi connectivity index (χ0) is 20.2. The Labute approximate surface area is 175 Å². The summed E-state index contributed by atoms with van der Waals surface area (Å²) >= 11 is 0. The minimum absolute atomic E-state index is 0.161. The van der Waals surface area contributed by atoms with Crippen LogP contribution < -0.4 is 4.74 Å². The summed E-state index contributed by atoms with van der Waals surface area (Å²) in [6.07, 6.45) is 6.06. The summed E-state index contributed by atoms with van der Waals surface area (Å²) in [5.41, 5.74) is 6.68. The number of benzene rings is 3. The van der Waals surface area contributed by atoms with Gasteiger partial charge in [0, 0.05) is 29.7 Å². The molecule has 30 heavy (non-hydrogen) atoms. The quantitative estimate of drug-likeness (QED) is 0.364. The Hall–Kier alpha value is -3.07. The van der Waals surface area contributed by atoms with Crippen molar-refractivity contribution in [2.45, 2.75) is 37.7 Å². The molecule has 0 aliphatic heterocycles. The standard InChI is InChI=1S/C27H24FNO/c1-29-16-15-22-20(3-2-4-25(22)29)21-11-13-24(28)27-23(21)12-14-26(27)30-19-9-7-18(8-10-19)17-5-6-17/h2-4,7-11,13,15-17,26H,5-6,12,14H2,1H3. The largest absolute Gasteiger partial charge is 0.486 e. The molecule has 1 atom stereocenters. The molecule has 1 heterocycles. The molecule has 1 fully saturated rings. The first-order valence-corrected chi connectivity index (χ1v) is 10.8. The second-order valence-electron chi connectivity index (χ2n) is 8.64. The fraction of sp³-hybridized carbons (Fsp3) is 0.259. The number of nitrogens with zero attached hydrogens (tertiary/aromatic N) is 1. The third-order valence-corrected chi connectivity index (χ3v) is 6.71. The average Bonchev–Trinajstić information content (AvgIpc) is 3.43. The van der Waals surface area contributed by atoms with Crippen LogP contribution in [-0.4, -0.2) is 4.57 Å². The van der Waals surface area contributed by atoms with Crippen LogP contribution >= 0.6 is 0 Å². The Morgan fingerprint density at radius 2 is 1.73 bits per heavy atom. The van der Waals surface area contributed by atoms with Crippen LogP contribution in [-0.2, 0) is 13.5 Å². The van der Waals surface area contributed by atoms with Crippen molar-refractivity contribution in [3.05, 3.63) is 89.4 Å². The Morgan fingerprint density at radius 3 is 2.53 bits per heavy atom. The average molecular weight is 397 g/mol. The van der Waals surface area contributed by atoms with Crippen molar-refractivity contribution in [3.8, 4) is 16.9 Å². The molecule has 2 nitrogen and oxygen atoms in total. The van der Waals surface area contributed by atoms with E-state index in [0.717, 1.165) is 41.2 Å². The topological polar surface area (TPSA) is 14.2 Å². The molecule has 150 valence electrons. The molecule has 1 unspecified atom stereocenters.